The molecular formula is C24H21NO2. The quantitative estimate of drug-likeness (QED) is 0.361. The first-order chi connectivity index (χ1) is 13.2. The van der Waals surface area contributed by atoms with Crippen LogP contribution in [0, 0.1) is 0 Å². The van der Waals surface area contributed by atoms with Crippen molar-refractivity contribution in [3.05, 3.63) is 84.4 Å². The van der Waals surface area contributed by atoms with E-state index in [-0.39, 0.29) is 5.97 Å². The number of rotatable bonds is 5. The van der Waals surface area contributed by atoms with Crippen molar-refractivity contribution in [3.63, 3.8) is 0 Å². The van der Waals surface area contributed by atoms with Gasteiger partial charge in [-0.1, -0.05) is 60.7 Å². The van der Waals surface area contributed by atoms with Gasteiger partial charge in [-0.05, 0) is 46.3 Å². The molecule has 0 fully saturated rings. The largest absolute Gasteiger partial charge is 0.469 e. The molecule has 3 heteroatoms. The second kappa shape index (κ2) is 7.50. The summed E-state index contributed by atoms with van der Waals surface area (Å²) in [6, 6.07) is 27.3. The van der Waals surface area contributed by atoms with Crippen LogP contribution in [0.15, 0.2) is 78.9 Å². The fraction of sp³-hybridized carbons (Fsp3) is 0.125. The van der Waals surface area contributed by atoms with Gasteiger partial charge in [-0.25, -0.2) is 0 Å². The average Bonchev–Trinajstić information content (AvgIpc) is 2.73. The zero-order valence-electron chi connectivity index (χ0n) is 15.2. The van der Waals surface area contributed by atoms with Crippen LogP contribution in [0.2, 0.25) is 0 Å². The first-order valence-electron chi connectivity index (χ1n) is 9.08. The fourth-order valence-corrected chi connectivity index (χ4v) is 3.42. The van der Waals surface area contributed by atoms with Gasteiger partial charge in [0.2, 0.25) is 0 Å². The van der Waals surface area contributed by atoms with Gasteiger partial charge >= 0.3 is 5.97 Å². The van der Waals surface area contributed by atoms with Crippen molar-refractivity contribution in [1.82, 2.24) is 0 Å². The van der Waals surface area contributed by atoms with E-state index in [0.717, 1.165) is 16.9 Å². The van der Waals surface area contributed by atoms with Crippen molar-refractivity contribution in [2.75, 3.05) is 12.4 Å². The molecule has 0 saturated carbocycles. The van der Waals surface area contributed by atoms with Crippen LogP contribution in [0.3, 0.4) is 0 Å². The number of benzene rings is 4. The number of esters is 1. The maximum Gasteiger partial charge on any atom is 0.305 e. The lowest BCUT2D eigenvalue weighted by Crippen LogP contribution is -2.01. The van der Waals surface area contributed by atoms with E-state index in [0.29, 0.717) is 12.8 Å². The maximum atomic E-state index is 11.3. The van der Waals surface area contributed by atoms with Crippen LogP contribution in [0.1, 0.15) is 12.0 Å². The predicted molar refractivity (Wildman–Crippen MR) is 112 cm³/mol. The topological polar surface area (TPSA) is 38.3 Å². The molecule has 0 spiro atoms. The molecule has 0 aliphatic carbocycles. The summed E-state index contributed by atoms with van der Waals surface area (Å²) in [6.07, 6.45) is 1.09. The molecule has 4 aromatic rings. The Bertz CT molecular complexity index is 1100. The lowest BCUT2D eigenvalue weighted by atomic mass is 10.00. The molecule has 27 heavy (non-hydrogen) atoms. The van der Waals surface area contributed by atoms with Gasteiger partial charge in [0.1, 0.15) is 0 Å². The third kappa shape index (κ3) is 3.63. The van der Waals surface area contributed by atoms with Crippen molar-refractivity contribution in [1.29, 1.82) is 0 Å². The van der Waals surface area contributed by atoms with Crippen molar-refractivity contribution in [2.24, 2.45) is 0 Å². The first kappa shape index (κ1) is 17.1. The summed E-state index contributed by atoms with van der Waals surface area (Å²) < 4.78 is 4.70. The Morgan fingerprint density at radius 3 is 2.26 bits per heavy atom. The van der Waals surface area contributed by atoms with Crippen molar-refractivity contribution in [2.45, 2.75) is 12.8 Å². The van der Waals surface area contributed by atoms with Crippen LogP contribution in [0.5, 0.6) is 0 Å². The molecule has 4 rings (SSSR count). The molecule has 0 bridgehead atoms. The molecule has 0 aliphatic heterocycles. The maximum absolute atomic E-state index is 11.3. The number of ether oxygens (including phenoxy) is 1. The predicted octanol–water partition coefficient (Wildman–Crippen LogP) is 5.84. The van der Waals surface area contributed by atoms with E-state index >= 15 is 0 Å². The third-order valence-corrected chi connectivity index (χ3v) is 4.85. The minimum absolute atomic E-state index is 0.181. The molecule has 0 atom stereocenters. The van der Waals surface area contributed by atoms with Crippen LogP contribution < -0.4 is 5.32 Å². The Balaban J connectivity index is 1.64. The second-order valence-corrected chi connectivity index (χ2v) is 6.59. The van der Waals surface area contributed by atoms with E-state index in [9.17, 15) is 4.79 Å². The molecular weight excluding hydrogens is 334 g/mol. The van der Waals surface area contributed by atoms with Gasteiger partial charge in [-0.3, -0.25) is 4.79 Å². The molecule has 0 saturated heterocycles. The summed E-state index contributed by atoms with van der Waals surface area (Å²) in [7, 11) is 1.42. The Morgan fingerprint density at radius 2 is 1.52 bits per heavy atom. The highest BCUT2D eigenvalue weighted by Gasteiger charge is 2.07. The van der Waals surface area contributed by atoms with E-state index in [2.05, 4.69) is 84.2 Å². The summed E-state index contributed by atoms with van der Waals surface area (Å²) in [6.45, 7) is 0. The number of hydrogen-bond donors (Lipinski definition) is 1. The van der Waals surface area contributed by atoms with Crippen LogP contribution in [0.25, 0.3) is 21.5 Å². The zero-order chi connectivity index (χ0) is 18.6. The van der Waals surface area contributed by atoms with Crippen molar-refractivity contribution >= 4 is 38.9 Å². The minimum Gasteiger partial charge on any atom is -0.469 e. The minimum atomic E-state index is -0.181. The Morgan fingerprint density at radius 1 is 0.852 bits per heavy atom. The molecule has 0 unspecified atom stereocenters. The SMILES string of the molecule is COC(=O)CCc1ccc(Nc2cc3ccccc3c3ccccc23)cc1. The Labute approximate surface area is 158 Å². The zero-order valence-corrected chi connectivity index (χ0v) is 15.2. The van der Waals surface area contributed by atoms with Crippen molar-refractivity contribution < 1.29 is 9.53 Å². The third-order valence-electron chi connectivity index (χ3n) is 4.85. The average molecular weight is 355 g/mol. The molecule has 3 nitrogen and oxygen atoms in total. The van der Waals surface area contributed by atoms with Crippen LogP contribution in [-0.2, 0) is 16.0 Å². The lowest BCUT2D eigenvalue weighted by molar-refractivity contribution is -0.140. The number of carbonyl (C=O) groups is 1. The van der Waals surface area contributed by atoms with Gasteiger partial charge < -0.3 is 10.1 Å². The highest BCUT2D eigenvalue weighted by molar-refractivity contribution is 6.13. The summed E-state index contributed by atoms with van der Waals surface area (Å²) in [5, 5.41) is 8.47. The number of methoxy groups -OCH3 is 1. The van der Waals surface area contributed by atoms with E-state index in [1.807, 2.05) is 0 Å². The van der Waals surface area contributed by atoms with E-state index in [1.54, 1.807) is 0 Å². The number of aryl methyl sites for hydroxylation is 1. The lowest BCUT2D eigenvalue weighted by Gasteiger charge is -2.13. The number of anilines is 2. The van der Waals surface area contributed by atoms with Gasteiger partial charge in [-0.2, -0.15) is 0 Å². The standard InChI is InChI=1S/C24H21NO2/c1-27-24(26)15-12-17-10-13-19(14-11-17)25-23-16-18-6-2-3-7-20(18)21-8-4-5-9-22(21)23/h2-11,13-14,16,25H,12,15H2,1H3. The number of nitrogens with one attached hydrogen (secondary N) is 1. The molecule has 0 aliphatic rings. The van der Waals surface area contributed by atoms with Gasteiger partial charge in [-0.15, -0.1) is 0 Å². The van der Waals surface area contributed by atoms with Crippen LogP contribution >= 0.6 is 0 Å². The monoisotopic (exact) mass is 355 g/mol. The van der Waals surface area contributed by atoms with Gasteiger partial charge in [0.25, 0.3) is 0 Å². The number of carbonyl (C=O) groups excluding carboxylic acids is 1. The van der Waals surface area contributed by atoms with E-state index < -0.39 is 0 Å². The molecule has 1 N–H and O–H groups in total. The highest BCUT2D eigenvalue weighted by Crippen LogP contribution is 2.33. The molecule has 4 aromatic carbocycles. The number of fused-ring (bicyclic) bond motifs is 3. The Hall–Kier alpha value is -3.33. The summed E-state index contributed by atoms with van der Waals surface area (Å²) in [5.41, 5.74) is 3.23. The summed E-state index contributed by atoms with van der Waals surface area (Å²) >= 11 is 0. The molecule has 0 heterocycles. The van der Waals surface area contributed by atoms with E-state index in [1.165, 1.54) is 28.7 Å². The van der Waals surface area contributed by atoms with E-state index in [4.69, 9.17) is 4.74 Å². The van der Waals surface area contributed by atoms with Gasteiger partial charge in [0.05, 0.1) is 7.11 Å². The number of hydrogen-bond acceptors (Lipinski definition) is 3. The molecule has 134 valence electrons. The van der Waals surface area contributed by atoms with Crippen molar-refractivity contribution in [3.8, 4) is 0 Å². The highest BCUT2D eigenvalue weighted by atomic mass is 16.5. The molecule has 0 amide bonds. The smallest absolute Gasteiger partial charge is 0.305 e. The second-order valence-electron chi connectivity index (χ2n) is 6.59. The fourth-order valence-electron chi connectivity index (χ4n) is 3.42. The van der Waals surface area contributed by atoms with Gasteiger partial charge in [0.15, 0.2) is 0 Å². The summed E-state index contributed by atoms with van der Waals surface area (Å²) in [4.78, 5) is 11.3. The van der Waals surface area contributed by atoms with Gasteiger partial charge in [0, 0.05) is 23.2 Å². The first-order valence-corrected chi connectivity index (χ1v) is 9.08. The summed E-state index contributed by atoms with van der Waals surface area (Å²) in [5.74, 6) is -0.181. The van der Waals surface area contributed by atoms with Crippen LogP contribution in [-0.4, -0.2) is 13.1 Å². The molecule has 0 radical (unpaired) electrons. The normalized spacial score (nSPS) is 10.9. The molecule has 0 aromatic heterocycles. The van der Waals surface area contributed by atoms with Crippen LogP contribution in [0.4, 0.5) is 11.4 Å². The Kier molecular flexibility index (Phi) is 4.75.